The Balaban J connectivity index is 2.39. The second-order valence-corrected chi connectivity index (χ2v) is 3.23. The molecule has 0 aliphatic rings. The van der Waals surface area contributed by atoms with Gasteiger partial charge in [-0.2, -0.15) is 0 Å². The average molecular weight is 254 g/mol. The summed E-state index contributed by atoms with van der Waals surface area (Å²) >= 11 is 0. The van der Waals surface area contributed by atoms with Gasteiger partial charge in [0.1, 0.15) is 12.4 Å². The van der Waals surface area contributed by atoms with Crippen LogP contribution in [0.5, 0.6) is 0 Å². The number of carbonyl (C=O) groups excluding carboxylic acids is 3. The molecule has 0 spiro atoms. The number of urea groups is 1. The molecular weight excluding hydrogens is 243 g/mol. The predicted octanol–water partition coefficient (Wildman–Crippen LogP) is -0.745. The molecule has 4 amide bonds. The van der Waals surface area contributed by atoms with E-state index in [1.165, 1.54) is 12.1 Å². The van der Waals surface area contributed by atoms with E-state index in [0.717, 1.165) is 12.1 Å². The van der Waals surface area contributed by atoms with Crippen LogP contribution in [0.15, 0.2) is 24.3 Å². The van der Waals surface area contributed by atoms with Gasteiger partial charge in [-0.3, -0.25) is 20.4 Å². The monoisotopic (exact) mass is 254 g/mol. The van der Waals surface area contributed by atoms with Gasteiger partial charge in [0.25, 0.3) is 11.8 Å². The fourth-order valence-corrected chi connectivity index (χ4v) is 1.01. The number of benzene rings is 1. The lowest BCUT2D eigenvalue weighted by Crippen LogP contribution is -2.47. The summed E-state index contributed by atoms with van der Waals surface area (Å²) in [6, 6.07) is 3.91. The maximum absolute atomic E-state index is 12.6. The van der Waals surface area contributed by atoms with Crippen LogP contribution in [0.1, 0.15) is 10.4 Å². The first-order chi connectivity index (χ1) is 8.49. The van der Waals surface area contributed by atoms with Gasteiger partial charge in [-0.15, -0.1) is 0 Å². The highest BCUT2D eigenvalue weighted by Gasteiger charge is 2.07. The number of carbonyl (C=O) groups is 3. The molecule has 8 heteroatoms. The Morgan fingerprint density at radius 3 is 2.28 bits per heavy atom. The summed E-state index contributed by atoms with van der Waals surface area (Å²) < 4.78 is 12.6. The third-order valence-corrected chi connectivity index (χ3v) is 1.85. The molecule has 1 rings (SSSR count). The highest BCUT2D eigenvalue weighted by molar-refractivity contribution is 5.95. The second-order valence-electron chi connectivity index (χ2n) is 3.23. The minimum atomic E-state index is -0.852. The van der Waals surface area contributed by atoms with Gasteiger partial charge in [0.05, 0.1) is 0 Å². The van der Waals surface area contributed by atoms with E-state index in [1.807, 2.05) is 10.7 Å². The van der Waals surface area contributed by atoms with E-state index < -0.39 is 23.7 Å². The molecule has 0 aliphatic heterocycles. The van der Waals surface area contributed by atoms with Crippen LogP contribution in [-0.2, 0) is 4.79 Å². The first-order valence-corrected chi connectivity index (χ1v) is 4.87. The van der Waals surface area contributed by atoms with E-state index in [0.29, 0.717) is 0 Å². The Morgan fingerprint density at radius 2 is 1.72 bits per heavy atom. The molecule has 0 unspecified atom stereocenters. The quantitative estimate of drug-likeness (QED) is 0.532. The summed E-state index contributed by atoms with van der Waals surface area (Å²) in [5, 5.41) is 2.04. The van der Waals surface area contributed by atoms with E-state index in [-0.39, 0.29) is 12.1 Å². The van der Waals surface area contributed by atoms with Gasteiger partial charge in [0, 0.05) is 5.56 Å². The topological polar surface area (TPSA) is 113 Å². The van der Waals surface area contributed by atoms with Crippen LogP contribution < -0.4 is 21.9 Å². The largest absolute Gasteiger partial charge is 0.352 e. The highest BCUT2D eigenvalue weighted by atomic mass is 19.1. The molecule has 18 heavy (non-hydrogen) atoms. The van der Waals surface area contributed by atoms with Crippen LogP contribution in [0.4, 0.5) is 9.18 Å². The third kappa shape index (κ3) is 4.47. The maximum Gasteiger partial charge on any atom is 0.312 e. The SMILES string of the molecule is NC(=O)NCC(=O)NNC(=O)c1ccc(F)cc1. The Morgan fingerprint density at radius 1 is 1.11 bits per heavy atom. The zero-order chi connectivity index (χ0) is 13.5. The summed E-state index contributed by atoms with van der Waals surface area (Å²) in [5.41, 5.74) is 9.07. The summed E-state index contributed by atoms with van der Waals surface area (Å²) in [6.45, 7) is -0.362. The van der Waals surface area contributed by atoms with Crippen molar-refractivity contribution in [3.63, 3.8) is 0 Å². The second kappa shape index (κ2) is 6.18. The summed E-state index contributed by atoms with van der Waals surface area (Å²) in [4.78, 5) is 32.8. The number of nitrogens with one attached hydrogen (secondary N) is 3. The predicted molar refractivity (Wildman–Crippen MR) is 59.6 cm³/mol. The first-order valence-electron chi connectivity index (χ1n) is 4.87. The standard InChI is InChI=1S/C10H11FN4O3/c11-7-3-1-6(2-4-7)9(17)15-14-8(16)5-13-10(12)18/h1-4H,5H2,(H,14,16)(H,15,17)(H3,12,13,18). The van der Waals surface area contributed by atoms with Crippen molar-refractivity contribution in [3.8, 4) is 0 Å². The van der Waals surface area contributed by atoms with Gasteiger partial charge in [-0.05, 0) is 24.3 Å². The van der Waals surface area contributed by atoms with E-state index in [2.05, 4.69) is 5.43 Å². The molecule has 0 radical (unpaired) electrons. The van der Waals surface area contributed by atoms with Crippen LogP contribution in [0.25, 0.3) is 0 Å². The van der Waals surface area contributed by atoms with Gasteiger partial charge in [0.15, 0.2) is 0 Å². The Kier molecular flexibility index (Phi) is 4.61. The molecule has 1 aromatic carbocycles. The third-order valence-electron chi connectivity index (χ3n) is 1.85. The molecule has 0 fully saturated rings. The molecule has 0 bridgehead atoms. The number of hydrogen-bond acceptors (Lipinski definition) is 3. The average Bonchev–Trinajstić information content (AvgIpc) is 2.34. The molecule has 0 saturated heterocycles. The van der Waals surface area contributed by atoms with Crippen molar-refractivity contribution in [2.75, 3.05) is 6.54 Å². The van der Waals surface area contributed by atoms with E-state index >= 15 is 0 Å². The van der Waals surface area contributed by atoms with Crippen LogP contribution in [-0.4, -0.2) is 24.4 Å². The minimum absolute atomic E-state index is 0.180. The number of hydrazine groups is 1. The zero-order valence-electron chi connectivity index (χ0n) is 9.20. The zero-order valence-corrected chi connectivity index (χ0v) is 9.20. The summed E-state index contributed by atoms with van der Waals surface area (Å²) in [7, 11) is 0. The van der Waals surface area contributed by atoms with Crippen molar-refractivity contribution in [1.29, 1.82) is 0 Å². The van der Waals surface area contributed by atoms with Crippen molar-refractivity contribution >= 4 is 17.8 Å². The van der Waals surface area contributed by atoms with E-state index in [9.17, 15) is 18.8 Å². The normalized spacial score (nSPS) is 9.39. The molecule has 0 atom stereocenters. The lowest BCUT2D eigenvalue weighted by atomic mass is 10.2. The number of primary amides is 1. The fraction of sp³-hybridized carbons (Fsp3) is 0.100. The van der Waals surface area contributed by atoms with Gasteiger partial charge in [-0.25, -0.2) is 9.18 Å². The molecule has 0 saturated carbocycles. The Bertz CT molecular complexity index is 461. The molecule has 96 valence electrons. The first kappa shape index (κ1) is 13.4. The van der Waals surface area contributed by atoms with E-state index in [1.54, 1.807) is 0 Å². The molecule has 0 aromatic heterocycles. The van der Waals surface area contributed by atoms with Crippen LogP contribution in [0.2, 0.25) is 0 Å². The Hall–Kier alpha value is -2.64. The van der Waals surface area contributed by atoms with Crippen molar-refractivity contribution in [1.82, 2.24) is 16.2 Å². The van der Waals surface area contributed by atoms with Gasteiger partial charge >= 0.3 is 6.03 Å². The number of rotatable bonds is 3. The lowest BCUT2D eigenvalue weighted by molar-refractivity contribution is -0.120. The summed E-state index contributed by atoms with van der Waals surface area (Å²) in [5.74, 6) is -1.73. The van der Waals surface area contributed by atoms with Crippen molar-refractivity contribution in [3.05, 3.63) is 35.6 Å². The minimum Gasteiger partial charge on any atom is -0.352 e. The molecule has 0 aliphatic carbocycles. The smallest absolute Gasteiger partial charge is 0.312 e. The maximum atomic E-state index is 12.6. The molecular formula is C10H11FN4O3. The number of nitrogens with two attached hydrogens (primary N) is 1. The van der Waals surface area contributed by atoms with Crippen LogP contribution in [0.3, 0.4) is 0 Å². The number of halogens is 1. The van der Waals surface area contributed by atoms with Gasteiger partial charge in [-0.1, -0.05) is 0 Å². The number of hydrogen-bond donors (Lipinski definition) is 4. The molecule has 7 nitrogen and oxygen atoms in total. The fourth-order valence-electron chi connectivity index (χ4n) is 1.01. The van der Waals surface area contributed by atoms with Crippen LogP contribution >= 0.6 is 0 Å². The molecule has 1 aromatic rings. The number of amides is 4. The van der Waals surface area contributed by atoms with E-state index in [4.69, 9.17) is 5.73 Å². The summed E-state index contributed by atoms with van der Waals surface area (Å²) in [6.07, 6.45) is 0. The Labute approximate surface area is 102 Å². The lowest BCUT2D eigenvalue weighted by Gasteiger charge is -2.07. The van der Waals surface area contributed by atoms with Gasteiger partial charge < -0.3 is 11.1 Å². The van der Waals surface area contributed by atoms with Crippen LogP contribution in [0, 0.1) is 5.82 Å². The van der Waals surface area contributed by atoms with Crippen molar-refractivity contribution in [2.24, 2.45) is 5.73 Å². The van der Waals surface area contributed by atoms with Crippen molar-refractivity contribution in [2.45, 2.75) is 0 Å². The molecule has 5 N–H and O–H groups in total. The molecule has 0 heterocycles. The van der Waals surface area contributed by atoms with Gasteiger partial charge in [0.2, 0.25) is 0 Å². The highest BCUT2D eigenvalue weighted by Crippen LogP contribution is 2.01. The van der Waals surface area contributed by atoms with Crippen molar-refractivity contribution < 1.29 is 18.8 Å².